The first-order valence-corrected chi connectivity index (χ1v) is 8.44. The lowest BCUT2D eigenvalue weighted by Gasteiger charge is -2.45. The number of hydrogen-bond acceptors (Lipinski definition) is 4. The molecule has 2 aliphatic rings. The monoisotopic (exact) mass is 316 g/mol. The number of esters is 1. The van der Waals surface area contributed by atoms with Crippen LogP contribution >= 0.6 is 0 Å². The molecule has 4 heteroatoms. The van der Waals surface area contributed by atoms with Gasteiger partial charge in [0.1, 0.15) is 11.5 Å². The van der Waals surface area contributed by atoms with Crippen molar-refractivity contribution in [3.05, 3.63) is 35.9 Å². The minimum Gasteiger partial charge on any atom is -0.465 e. The summed E-state index contributed by atoms with van der Waals surface area (Å²) in [5.74, 6) is -2.10. The minimum absolute atomic E-state index is 0.235. The van der Waals surface area contributed by atoms with Gasteiger partial charge in [-0.25, -0.2) is 0 Å². The second-order valence-electron chi connectivity index (χ2n) is 6.97. The molecule has 1 aromatic rings. The van der Waals surface area contributed by atoms with Crippen LogP contribution in [0.1, 0.15) is 51.0 Å². The van der Waals surface area contributed by atoms with E-state index in [9.17, 15) is 14.7 Å². The number of rotatable bonds is 3. The van der Waals surface area contributed by atoms with Gasteiger partial charge in [-0.05, 0) is 25.3 Å². The van der Waals surface area contributed by atoms with E-state index in [4.69, 9.17) is 4.74 Å². The van der Waals surface area contributed by atoms with Gasteiger partial charge >= 0.3 is 5.97 Å². The molecule has 1 N–H and O–H groups in total. The Kier molecular flexibility index (Phi) is 4.05. The topological polar surface area (TPSA) is 63.6 Å². The van der Waals surface area contributed by atoms with E-state index < -0.39 is 22.9 Å². The molecule has 2 saturated carbocycles. The Balaban J connectivity index is 2.13. The van der Waals surface area contributed by atoms with Gasteiger partial charge in [0.05, 0.1) is 6.61 Å². The lowest BCUT2D eigenvalue weighted by Crippen LogP contribution is -2.50. The number of fused-ring (bicyclic) bond motifs is 1. The maximum absolute atomic E-state index is 13.0. The third-order valence-electron chi connectivity index (χ3n) is 5.84. The first-order chi connectivity index (χ1) is 11.0. The molecule has 2 aliphatic carbocycles. The number of hydrogen-bond donors (Lipinski definition) is 1. The second kappa shape index (κ2) is 5.75. The van der Waals surface area contributed by atoms with E-state index in [0.717, 1.165) is 24.8 Å². The fourth-order valence-corrected chi connectivity index (χ4v) is 4.66. The predicted octanol–water partition coefficient (Wildman–Crippen LogP) is 2.84. The highest BCUT2D eigenvalue weighted by Gasteiger charge is 2.69. The summed E-state index contributed by atoms with van der Waals surface area (Å²) >= 11 is 0. The van der Waals surface area contributed by atoms with Crippen molar-refractivity contribution >= 4 is 11.8 Å². The zero-order chi connectivity index (χ0) is 16.7. The van der Waals surface area contributed by atoms with Crippen LogP contribution in [0.2, 0.25) is 0 Å². The number of Topliss-reactive ketones (excluding diaryl/α,β-unsaturated/α-hetero) is 1. The van der Waals surface area contributed by atoms with Gasteiger partial charge in [0, 0.05) is 11.3 Å². The van der Waals surface area contributed by atoms with Gasteiger partial charge in [-0.3, -0.25) is 9.59 Å². The number of aliphatic hydroxyl groups is 1. The molecule has 0 heterocycles. The summed E-state index contributed by atoms with van der Waals surface area (Å²) < 4.78 is 5.17. The van der Waals surface area contributed by atoms with Crippen LogP contribution in [0.5, 0.6) is 0 Å². The average Bonchev–Trinajstić information content (AvgIpc) is 2.73. The molecule has 1 aromatic carbocycles. The van der Waals surface area contributed by atoms with Gasteiger partial charge in [-0.2, -0.15) is 0 Å². The summed E-state index contributed by atoms with van der Waals surface area (Å²) in [5, 5.41) is 11.2. The Morgan fingerprint density at radius 1 is 1.26 bits per heavy atom. The molecule has 124 valence electrons. The quantitative estimate of drug-likeness (QED) is 0.688. The van der Waals surface area contributed by atoms with Crippen molar-refractivity contribution in [1.82, 2.24) is 0 Å². The van der Waals surface area contributed by atoms with Crippen LogP contribution in [-0.2, 0) is 14.3 Å². The Bertz CT molecular complexity index is 611. The molecule has 4 nitrogen and oxygen atoms in total. The zero-order valence-corrected chi connectivity index (χ0v) is 13.7. The van der Waals surface area contributed by atoms with Crippen LogP contribution in [0.15, 0.2) is 30.3 Å². The third-order valence-corrected chi connectivity index (χ3v) is 5.84. The van der Waals surface area contributed by atoms with Crippen molar-refractivity contribution in [2.24, 2.45) is 11.3 Å². The lowest BCUT2D eigenvalue weighted by atomic mass is 9.61. The van der Waals surface area contributed by atoms with Crippen LogP contribution in [0, 0.1) is 11.3 Å². The highest BCUT2D eigenvalue weighted by atomic mass is 16.5. The van der Waals surface area contributed by atoms with Gasteiger partial charge in [0.2, 0.25) is 0 Å². The van der Waals surface area contributed by atoms with Crippen molar-refractivity contribution in [2.75, 3.05) is 6.61 Å². The molecule has 0 aromatic heterocycles. The van der Waals surface area contributed by atoms with Gasteiger partial charge in [0.15, 0.2) is 5.78 Å². The second-order valence-corrected chi connectivity index (χ2v) is 6.97. The summed E-state index contributed by atoms with van der Waals surface area (Å²) in [5.41, 5.74) is -1.12. The van der Waals surface area contributed by atoms with Gasteiger partial charge < -0.3 is 9.84 Å². The molecule has 0 bridgehead atoms. The van der Waals surface area contributed by atoms with E-state index in [2.05, 4.69) is 0 Å². The number of ether oxygens (including phenoxy) is 1. The molecule has 0 spiro atoms. The molecule has 2 unspecified atom stereocenters. The Morgan fingerprint density at radius 2 is 1.91 bits per heavy atom. The van der Waals surface area contributed by atoms with E-state index >= 15 is 0 Å². The number of benzene rings is 1. The highest BCUT2D eigenvalue weighted by molar-refractivity contribution is 6.07. The van der Waals surface area contributed by atoms with E-state index in [-0.39, 0.29) is 18.3 Å². The molecule has 4 atom stereocenters. The fraction of sp³-hybridized carbons (Fsp3) is 0.579. The highest BCUT2D eigenvalue weighted by Crippen LogP contribution is 2.62. The van der Waals surface area contributed by atoms with Crippen molar-refractivity contribution < 1.29 is 19.4 Å². The van der Waals surface area contributed by atoms with Crippen LogP contribution in [0.25, 0.3) is 0 Å². The molecule has 0 radical (unpaired) electrons. The molecule has 0 saturated heterocycles. The average molecular weight is 316 g/mol. The lowest BCUT2D eigenvalue weighted by molar-refractivity contribution is -0.156. The normalized spacial score (nSPS) is 36.6. The molecule has 2 fully saturated rings. The minimum atomic E-state index is -1.43. The van der Waals surface area contributed by atoms with Crippen molar-refractivity contribution in [1.29, 1.82) is 0 Å². The molecule has 3 rings (SSSR count). The van der Waals surface area contributed by atoms with Gasteiger partial charge in [-0.1, -0.05) is 50.1 Å². The van der Waals surface area contributed by atoms with E-state index in [1.54, 1.807) is 6.92 Å². The Morgan fingerprint density at radius 3 is 2.57 bits per heavy atom. The third kappa shape index (κ3) is 2.23. The molecule has 0 aliphatic heterocycles. The fourth-order valence-electron chi connectivity index (χ4n) is 4.66. The number of carbonyl (C=O) groups is 2. The van der Waals surface area contributed by atoms with Crippen LogP contribution < -0.4 is 0 Å². The molecule has 23 heavy (non-hydrogen) atoms. The first-order valence-electron chi connectivity index (χ1n) is 8.44. The molecular formula is C19H24O4. The van der Waals surface area contributed by atoms with Crippen LogP contribution in [0.4, 0.5) is 0 Å². The molecule has 0 amide bonds. The van der Waals surface area contributed by atoms with Crippen molar-refractivity contribution in [3.8, 4) is 0 Å². The zero-order valence-electron chi connectivity index (χ0n) is 13.7. The maximum Gasteiger partial charge on any atom is 0.317 e. The largest absolute Gasteiger partial charge is 0.465 e. The van der Waals surface area contributed by atoms with Gasteiger partial charge in [-0.15, -0.1) is 0 Å². The SMILES string of the molecule is CCOC(=O)[C@@H]1C(=O)C2(O)CCCCC2(C)[C@H]1c1ccccc1. The Labute approximate surface area is 136 Å². The summed E-state index contributed by atoms with van der Waals surface area (Å²) in [6.45, 7) is 3.93. The number of carbonyl (C=O) groups excluding carboxylic acids is 2. The predicted molar refractivity (Wildman–Crippen MR) is 85.8 cm³/mol. The van der Waals surface area contributed by atoms with Gasteiger partial charge in [0.25, 0.3) is 0 Å². The summed E-state index contributed by atoms with van der Waals surface area (Å²) in [6.07, 6.45) is 2.95. The maximum atomic E-state index is 13.0. The van der Waals surface area contributed by atoms with Crippen LogP contribution in [0.3, 0.4) is 0 Å². The molecular weight excluding hydrogens is 292 g/mol. The van der Waals surface area contributed by atoms with Crippen molar-refractivity contribution in [2.45, 2.75) is 51.0 Å². The first kappa shape index (κ1) is 16.2. The van der Waals surface area contributed by atoms with E-state index in [0.29, 0.717) is 6.42 Å². The van der Waals surface area contributed by atoms with E-state index in [1.807, 2.05) is 37.3 Å². The van der Waals surface area contributed by atoms with Crippen molar-refractivity contribution in [3.63, 3.8) is 0 Å². The summed E-state index contributed by atoms with van der Waals surface area (Å²) in [4.78, 5) is 25.5. The van der Waals surface area contributed by atoms with Crippen LogP contribution in [-0.4, -0.2) is 29.1 Å². The summed E-state index contributed by atoms with van der Waals surface area (Å²) in [6, 6.07) is 9.61. The standard InChI is InChI=1S/C19H24O4/c1-3-23-17(21)14-15(13-9-5-4-6-10-13)18(2)11-7-8-12-19(18,22)16(14)20/h4-6,9-10,14-15,22H,3,7-8,11-12H2,1-2H3/t14-,15-,18?,19?/m0/s1. The summed E-state index contributed by atoms with van der Waals surface area (Å²) in [7, 11) is 0. The smallest absolute Gasteiger partial charge is 0.317 e. The Hall–Kier alpha value is -1.68. The van der Waals surface area contributed by atoms with E-state index in [1.165, 1.54) is 0 Å². The number of ketones is 1.